The van der Waals surface area contributed by atoms with Crippen LogP contribution in [0.3, 0.4) is 0 Å². The van der Waals surface area contributed by atoms with Crippen molar-refractivity contribution in [1.82, 2.24) is 0 Å². The molecule has 1 amide bonds. The molecular formula is C16H13Cl2NO4S. The highest BCUT2D eigenvalue weighted by Crippen LogP contribution is 2.23. The SMILES string of the molecule is O=C(COC(=O)CCC(=O)c1ccc(Cl)s1)Nc1ccc(Cl)cc1. The quantitative estimate of drug-likeness (QED) is 0.572. The van der Waals surface area contributed by atoms with Gasteiger partial charge in [0.1, 0.15) is 0 Å². The number of carbonyl (C=O) groups is 3. The summed E-state index contributed by atoms with van der Waals surface area (Å²) in [5, 5.41) is 3.12. The molecule has 0 aliphatic rings. The van der Waals surface area contributed by atoms with Gasteiger partial charge in [0, 0.05) is 17.1 Å². The molecular weight excluding hydrogens is 373 g/mol. The third kappa shape index (κ3) is 5.96. The van der Waals surface area contributed by atoms with Crippen LogP contribution in [-0.4, -0.2) is 24.3 Å². The van der Waals surface area contributed by atoms with Crippen molar-refractivity contribution in [2.75, 3.05) is 11.9 Å². The van der Waals surface area contributed by atoms with Gasteiger partial charge in [-0.15, -0.1) is 11.3 Å². The molecule has 0 atom stereocenters. The zero-order valence-corrected chi connectivity index (χ0v) is 14.7. The third-order valence-corrected chi connectivity index (χ3v) is 4.42. The van der Waals surface area contributed by atoms with Gasteiger partial charge in [-0.2, -0.15) is 0 Å². The molecule has 0 unspecified atom stereocenters. The zero-order chi connectivity index (χ0) is 17.5. The Labute approximate surface area is 152 Å². The fourth-order valence-electron chi connectivity index (χ4n) is 1.75. The van der Waals surface area contributed by atoms with E-state index < -0.39 is 18.5 Å². The number of carbonyl (C=O) groups excluding carboxylic acids is 3. The van der Waals surface area contributed by atoms with Gasteiger partial charge in [0.05, 0.1) is 15.6 Å². The van der Waals surface area contributed by atoms with E-state index in [4.69, 9.17) is 27.9 Å². The van der Waals surface area contributed by atoms with Crippen molar-refractivity contribution in [3.63, 3.8) is 0 Å². The minimum atomic E-state index is -0.614. The molecule has 8 heteroatoms. The number of Topliss-reactive ketones (excluding diaryl/α,β-unsaturated/α-hetero) is 1. The minimum Gasteiger partial charge on any atom is -0.456 e. The lowest BCUT2D eigenvalue weighted by Crippen LogP contribution is -2.21. The molecule has 2 rings (SSSR count). The summed E-state index contributed by atoms with van der Waals surface area (Å²) in [7, 11) is 0. The van der Waals surface area contributed by atoms with E-state index in [1.54, 1.807) is 36.4 Å². The van der Waals surface area contributed by atoms with Gasteiger partial charge in [-0.25, -0.2) is 0 Å². The normalized spacial score (nSPS) is 10.2. The Morgan fingerprint density at radius 1 is 1.00 bits per heavy atom. The Morgan fingerprint density at radius 2 is 1.71 bits per heavy atom. The van der Waals surface area contributed by atoms with Crippen molar-refractivity contribution in [2.45, 2.75) is 12.8 Å². The molecule has 1 aromatic carbocycles. The number of anilines is 1. The number of halogens is 2. The van der Waals surface area contributed by atoms with E-state index in [-0.39, 0.29) is 18.6 Å². The maximum Gasteiger partial charge on any atom is 0.306 e. The largest absolute Gasteiger partial charge is 0.456 e. The number of hydrogen-bond acceptors (Lipinski definition) is 5. The van der Waals surface area contributed by atoms with Crippen LogP contribution in [0.5, 0.6) is 0 Å². The predicted molar refractivity (Wildman–Crippen MR) is 93.9 cm³/mol. The van der Waals surface area contributed by atoms with E-state index in [0.29, 0.717) is 19.9 Å². The predicted octanol–water partition coefficient (Wildman–Crippen LogP) is 4.20. The number of esters is 1. The van der Waals surface area contributed by atoms with Crippen LogP contribution < -0.4 is 5.32 Å². The van der Waals surface area contributed by atoms with Crippen LogP contribution in [0.4, 0.5) is 5.69 Å². The summed E-state index contributed by atoms with van der Waals surface area (Å²) in [4.78, 5) is 35.6. The van der Waals surface area contributed by atoms with Crippen molar-refractivity contribution in [3.8, 4) is 0 Å². The first kappa shape index (κ1) is 18.4. The van der Waals surface area contributed by atoms with Crippen molar-refractivity contribution < 1.29 is 19.1 Å². The van der Waals surface area contributed by atoms with Gasteiger partial charge in [-0.1, -0.05) is 23.2 Å². The second-order valence-electron chi connectivity index (χ2n) is 4.74. The van der Waals surface area contributed by atoms with Crippen LogP contribution in [0.1, 0.15) is 22.5 Å². The van der Waals surface area contributed by atoms with Crippen molar-refractivity contribution >= 4 is 57.9 Å². The fraction of sp³-hybridized carbons (Fsp3) is 0.188. The Bertz CT molecular complexity index is 743. The number of nitrogens with one attached hydrogen (secondary N) is 1. The molecule has 0 radical (unpaired) electrons. The summed E-state index contributed by atoms with van der Waals surface area (Å²) in [6.45, 7) is -0.416. The first-order chi connectivity index (χ1) is 11.4. The highest BCUT2D eigenvalue weighted by Gasteiger charge is 2.13. The molecule has 0 aliphatic carbocycles. The van der Waals surface area contributed by atoms with E-state index in [0.717, 1.165) is 11.3 Å². The summed E-state index contributed by atoms with van der Waals surface area (Å²) in [5.41, 5.74) is 0.546. The van der Waals surface area contributed by atoms with Gasteiger partial charge >= 0.3 is 5.97 Å². The molecule has 2 aromatic rings. The topological polar surface area (TPSA) is 72.5 Å². The average Bonchev–Trinajstić information content (AvgIpc) is 2.99. The molecule has 0 fully saturated rings. The minimum absolute atomic E-state index is 0.00841. The molecule has 1 heterocycles. The maximum absolute atomic E-state index is 11.8. The van der Waals surface area contributed by atoms with E-state index >= 15 is 0 Å². The summed E-state index contributed by atoms with van der Waals surface area (Å²) in [5.74, 6) is -1.27. The Kier molecular flexibility index (Phi) is 6.78. The second kappa shape index (κ2) is 8.82. The van der Waals surface area contributed by atoms with Gasteiger partial charge < -0.3 is 10.1 Å². The molecule has 5 nitrogen and oxygen atoms in total. The lowest BCUT2D eigenvalue weighted by atomic mass is 10.2. The number of rotatable bonds is 7. The number of amides is 1. The number of benzene rings is 1. The Morgan fingerprint density at radius 3 is 2.33 bits per heavy atom. The fourth-order valence-corrected chi connectivity index (χ4v) is 2.89. The molecule has 0 aliphatic heterocycles. The van der Waals surface area contributed by atoms with E-state index in [1.165, 1.54) is 0 Å². The summed E-state index contributed by atoms with van der Waals surface area (Å²) in [6.07, 6.45) is -0.0863. The van der Waals surface area contributed by atoms with E-state index in [9.17, 15) is 14.4 Å². The monoisotopic (exact) mass is 385 g/mol. The van der Waals surface area contributed by atoms with Crippen molar-refractivity contribution in [2.24, 2.45) is 0 Å². The number of thiophene rings is 1. The zero-order valence-electron chi connectivity index (χ0n) is 12.4. The molecule has 0 saturated heterocycles. The average molecular weight is 386 g/mol. The molecule has 24 heavy (non-hydrogen) atoms. The molecule has 1 N–H and O–H groups in total. The first-order valence-electron chi connectivity index (χ1n) is 6.93. The third-order valence-electron chi connectivity index (χ3n) is 2.90. The van der Waals surface area contributed by atoms with Crippen LogP contribution in [0.25, 0.3) is 0 Å². The first-order valence-corrected chi connectivity index (χ1v) is 8.51. The number of ether oxygens (including phenoxy) is 1. The van der Waals surface area contributed by atoms with Crippen molar-refractivity contribution in [3.05, 3.63) is 50.6 Å². The Hall–Kier alpha value is -1.89. The smallest absolute Gasteiger partial charge is 0.306 e. The molecule has 0 spiro atoms. The second-order valence-corrected chi connectivity index (χ2v) is 6.89. The molecule has 0 bridgehead atoms. The Balaban J connectivity index is 1.69. The lowest BCUT2D eigenvalue weighted by Gasteiger charge is -2.06. The van der Waals surface area contributed by atoms with Gasteiger partial charge in [-0.3, -0.25) is 14.4 Å². The standard InChI is InChI=1S/C16H13Cl2NO4S/c17-10-1-3-11(4-2-10)19-15(21)9-23-16(22)8-5-12(20)13-6-7-14(18)24-13/h1-4,6-7H,5,8-9H2,(H,19,21). The number of hydrogen-bond donors (Lipinski definition) is 1. The number of ketones is 1. The van der Waals surface area contributed by atoms with Crippen molar-refractivity contribution in [1.29, 1.82) is 0 Å². The summed E-state index contributed by atoms with van der Waals surface area (Å²) < 4.78 is 5.35. The lowest BCUT2D eigenvalue weighted by molar-refractivity contribution is -0.147. The summed E-state index contributed by atoms with van der Waals surface area (Å²) >= 11 is 12.6. The highest BCUT2D eigenvalue weighted by atomic mass is 35.5. The molecule has 126 valence electrons. The van der Waals surface area contributed by atoms with Crippen LogP contribution in [0.2, 0.25) is 9.36 Å². The van der Waals surface area contributed by atoms with Gasteiger partial charge in [0.25, 0.3) is 5.91 Å². The van der Waals surface area contributed by atoms with Crippen LogP contribution in [0.15, 0.2) is 36.4 Å². The highest BCUT2D eigenvalue weighted by molar-refractivity contribution is 7.18. The molecule has 1 aromatic heterocycles. The van der Waals surface area contributed by atoms with Crippen LogP contribution >= 0.6 is 34.5 Å². The van der Waals surface area contributed by atoms with Gasteiger partial charge in [-0.05, 0) is 36.4 Å². The van der Waals surface area contributed by atoms with Gasteiger partial charge in [0.2, 0.25) is 0 Å². The van der Waals surface area contributed by atoms with Crippen LogP contribution in [-0.2, 0) is 14.3 Å². The summed E-state index contributed by atoms with van der Waals surface area (Å²) in [6, 6.07) is 9.76. The van der Waals surface area contributed by atoms with E-state index in [2.05, 4.69) is 5.32 Å². The van der Waals surface area contributed by atoms with Crippen LogP contribution in [0, 0.1) is 0 Å². The van der Waals surface area contributed by atoms with Gasteiger partial charge in [0.15, 0.2) is 12.4 Å². The molecule has 0 saturated carbocycles. The van der Waals surface area contributed by atoms with E-state index in [1.807, 2.05) is 0 Å². The maximum atomic E-state index is 11.8.